The first-order chi connectivity index (χ1) is 9.35. The van der Waals surface area contributed by atoms with E-state index in [2.05, 4.69) is 21.2 Å². The quantitative estimate of drug-likeness (QED) is 0.836. The lowest BCUT2D eigenvalue weighted by atomic mass is 9.95. The van der Waals surface area contributed by atoms with Crippen LogP contribution >= 0.6 is 15.9 Å². The highest BCUT2D eigenvalue weighted by Gasteiger charge is 2.35. The molecule has 0 bridgehead atoms. The zero-order chi connectivity index (χ0) is 15.3. The minimum atomic E-state index is -1.00. The second kappa shape index (κ2) is 6.88. The van der Waals surface area contributed by atoms with Crippen LogP contribution in [0.4, 0.5) is 0 Å². The minimum absolute atomic E-state index is 0.273. The number of hydrogen-bond acceptors (Lipinski definition) is 3. The van der Waals surface area contributed by atoms with Crippen molar-refractivity contribution >= 4 is 27.8 Å². The summed E-state index contributed by atoms with van der Waals surface area (Å²) in [4.78, 5) is 24.3. The van der Waals surface area contributed by atoms with E-state index in [1.54, 1.807) is 19.1 Å². The Kier molecular flexibility index (Phi) is 5.74. The normalized spacial score (nSPS) is 13.4. The van der Waals surface area contributed by atoms with Gasteiger partial charge in [-0.3, -0.25) is 4.79 Å². The second-order valence-corrected chi connectivity index (χ2v) is 5.79. The molecule has 5 heteroatoms. The molecule has 0 radical (unpaired) electrons. The van der Waals surface area contributed by atoms with Crippen molar-refractivity contribution in [2.75, 3.05) is 7.11 Å². The van der Waals surface area contributed by atoms with Gasteiger partial charge >= 0.3 is 5.97 Å². The molecule has 1 aromatic rings. The highest BCUT2D eigenvalue weighted by Crippen LogP contribution is 2.21. The summed E-state index contributed by atoms with van der Waals surface area (Å²) in [6.45, 7) is 5.50. The van der Waals surface area contributed by atoms with Gasteiger partial charge in [0.1, 0.15) is 5.54 Å². The van der Waals surface area contributed by atoms with Gasteiger partial charge in [0, 0.05) is 10.0 Å². The summed E-state index contributed by atoms with van der Waals surface area (Å²) in [5.74, 6) is -0.703. The zero-order valence-electron chi connectivity index (χ0n) is 12.2. The van der Waals surface area contributed by atoms with Crippen LogP contribution in [-0.4, -0.2) is 24.5 Å². The van der Waals surface area contributed by atoms with Crippen molar-refractivity contribution < 1.29 is 14.3 Å². The second-order valence-electron chi connectivity index (χ2n) is 4.94. The van der Waals surface area contributed by atoms with Crippen LogP contribution in [0.1, 0.15) is 42.6 Å². The van der Waals surface area contributed by atoms with Crippen molar-refractivity contribution in [2.45, 2.75) is 39.2 Å². The fourth-order valence-corrected chi connectivity index (χ4v) is 2.48. The molecular formula is C15H20BrNO3. The average molecular weight is 342 g/mol. The Morgan fingerprint density at radius 2 is 2.05 bits per heavy atom. The summed E-state index contributed by atoms with van der Waals surface area (Å²) < 4.78 is 5.66. The van der Waals surface area contributed by atoms with Crippen LogP contribution in [-0.2, 0) is 9.53 Å². The Bertz CT molecular complexity index is 516. The molecule has 0 saturated carbocycles. The predicted octanol–water partition coefficient (Wildman–Crippen LogP) is 3.22. The lowest BCUT2D eigenvalue weighted by Crippen LogP contribution is -2.52. The molecule has 1 atom stereocenters. The lowest BCUT2D eigenvalue weighted by molar-refractivity contribution is -0.147. The average Bonchev–Trinajstić information content (AvgIpc) is 2.40. The molecule has 0 aromatic heterocycles. The SMILES string of the molecule is CCCC(C)(NC(=O)c1cccc(Br)c1C)C(=O)OC. The van der Waals surface area contributed by atoms with Crippen molar-refractivity contribution in [3.8, 4) is 0 Å². The summed E-state index contributed by atoms with van der Waals surface area (Å²) in [6, 6.07) is 5.40. The molecule has 0 aliphatic carbocycles. The number of carbonyl (C=O) groups is 2. The van der Waals surface area contributed by atoms with E-state index < -0.39 is 11.5 Å². The van der Waals surface area contributed by atoms with Crippen LogP contribution in [0, 0.1) is 6.92 Å². The van der Waals surface area contributed by atoms with Crippen molar-refractivity contribution in [3.05, 3.63) is 33.8 Å². The Morgan fingerprint density at radius 1 is 1.40 bits per heavy atom. The zero-order valence-corrected chi connectivity index (χ0v) is 13.8. The van der Waals surface area contributed by atoms with E-state index in [1.807, 2.05) is 19.9 Å². The largest absolute Gasteiger partial charge is 0.467 e. The molecular weight excluding hydrogens is 322 g/mol. The standard InChI is InChI=1S/C15H20BrNO3/c1-5-9-15(3,14(19)20-4)17-13(18)11-7-6-8-12(16)10(11)2/h6-8H,5,9H2,1-4H3,(H,17,18). The maximum absolute atomic E-state index is 12.4. The van der Waals surface area contributed by atoms with Gasteiger partial charge < -0.3 is 10.1 Å². The van der Waals surface area contributed by atoms with Crippen molar-refractivity contribution in [1.29, 1.82) is 0 Å². The van der Waals surface area contributed by atoms with Crippen LogP contribution in [0.3, 0.4) is 0 Å². The fourth-order valence-electron chi connectivity index (χ4n) is 2.11. The van der Waals surface area contributed by atoms with Crippen LogP contribution < -0.4 is 5.32 Å². The van der Waals surface area contributed by atoms with Gasteiger partial charge in [0.2, 0.25) is 0 Å². The highest BCUT2D eigenvalue weighted by atomic mass is 79.9. The van der Waals surface area contributed by atoms with Crippen molar-refractivity contribution in [1.82, 2.24) is 5.32 Å². The molecule has 110 valence electrons. The third-order valence-corrected chi connectivity index (χ3v) is 4.15. The summed E-state index contributed by atoms with van der Waals surface area (Å²) >= 11 is 3.40. The number of ether oxygens (including phenoxy) is 1. The number of methoxy groups -OCH3 is 1. The number of carbonyl (C=O) groups excluding carboxylic acids is 2. The highest BCUT2D eigenvalue weighted by molar-refractivity contribution is 9.10. The number of benzene rings is 1. The van der Waals surface area contributed by atoms with E-state index in [4.69, 9.17) is 4.74 Å². The molecule has 1 unspecified atom stereocenters. The van der Waals surface area contributed by atoms with Gasteiger partial charge in [-0.1, -0.05) is 35.3 Å². The number of esters is 1. The Morgan fingerprint density at radius 3 is 2.60 bits per heavy atom. The topological polar surface area (TPSA) is 55.4 Å². The third-order valence-electron chi connectivity index (χ3n) is 3.29. The van der Waals surface area contributed by atoms with Gasteiger partial charge in [0.05, 0.1) is 7.11 Å². The smallest absolute Gasteiger partial charge is 0.331 e. The summed E-state index contributed by atoms with van der Waals surface area (Å²) in [7, 11) is 1.33. The van der Waals surface area contributed by atoms with E-state index in [-0.39, 0.29) is 5.91 Å². The Hall–Kier alpha value is -1.36. The fraction of sp³-hybridized carbons (Fsp3) is 0.467. The molecule has 1 rings (SSSR count). The van der Waals surface area contributed by atoms with Crippen LogP contribution in [0.5, 0.6) is 0 Å². The molecule has 0 saturated heterocycles. The molecule has 0 fully saturated rings. The Balaban J connectivity index is 3.03. The first-order valence-electron chi connectivity index (χ1n) is 6.51. The van der Waals surface area contributed by atoms with Gasteiger partial charge in [-0.2, -0.15) is 0 Å². The first-order valence-corrected chi connectivity index (χ1v) is 7.31. The van der Waals surface area contributed by atoms with Gasteiger partial charge in [-0.15, -0.1) is 0 Å². The van der Waals surface area contributed by atoms with Crippen LogP contribution in [0.15, 0.2) is 22.7 Å². The molecule has 0 spiro atoms. The molecule has 20 heavy (non-hydrogen) atoms. The molecule has 0 aliphatic rings. The van der Waals surface area contributed by atoms with Gasteiger partial charge in [-0.25, -0.2) is 4.79 Å². The van der Waals surface area contributed by atoms with Crippen molar-refractivity contribution in [3.63, 3.8) is 0 Å². The van der Waals surface area contributed by atoms with Crippen molar-refractivity contribution in [2.24, 2.45) is 0 Å². The van der Waals surface area contributed by atoms with Crippen LogP contribution in [0.25, 0.3) is 0 Å². The predicted molar refractivity (Wildman–Crippen MR) is 81.7 cm³/mol. The molecule has 1 aromatic carbocycles. The van der Waals surface area contributed by atoms with Crippen LogP contribution in [0.2, 0.25) is 0 Å². The minimum Gasteiger partial charge on any atom is -0.467 e. The van der Waals surface area contributed by atoms with E-state index >= 15 is 0 Å². The number of nitrogens with one attached hydrogen (secondary N) is 1. The van der Waals surface area contributed by atoms with Gasteiger partial charge in [-0.05, 0) is 38.0 Å². The Labute approximate surface area is 128 Å². The van der Waals surface area contributed by atoms with E-state index in [0.29, 0.717) is 12.0 Å². The monoisotopic (exact) mass is 341 g/mol. The first kappa shape index (κ1) is 16.7. The lowest BCUT2D eigenvalue weighted by Gasteiger charge is -2.27. The van der Waals surface area contributed by atoms with E-state index in [9.17, 15) is 9.59 Å². The van der Waals surface area contributed by atoms with E-state index in [1.165, 1.54) is 7.11 Å². The number of hydrogen-bond donors (Lipinski definition) is 1. The summed E-state index contributed by atoms with van der Waals surface area (Å²) in [6.07, 6.45) is 1.29. The maximum Gasteiger partial charge on any atom is 0.331 e. The number of halogens is 1. The summed E-state index contributed by atoms with van der Waals surface area (Å²) in [5, 5.41) is 2.80. The number of rotatable bonds is 5. The summed E-state index contributed by atoms with van der Waals surface area (Å²) in [5.41, 5.74) is 0.384. The maximum atomic E-state index is 12.4. The van der Waals surface area contributed by atoms with Gasteiger partial charge in [0.25, 0.3) is 5.91 Å². The molecule has 0 heterocycles. The third kappa shape index (κ3) is 3.60. The van der Waals surface area contributed by atoms with Gasteiger partial charge in [0.15, 0.2) is 0 Å². The number of amides is 1. The molecule has 4 nitrogen and oxygen atoms in total. The van der Waals surface area contributed by atoms with E-state index in [0.717, 1.165) is 16.5 Å². The molecule has 1 amide bonds. The molecule has 0 aliphatic heterocycles. The molecule has 1 N–H and O–H groups in total.